The highest BCUT2D eigenvalue weighted by Gasteiger charge is 2.25. The van der Waals surface area contributed by atoms with Crippen LogP contribution in [0.1, 0.15) is 45.4 Å². The number of carboxylic acids is 1. The van der Waals surface area contributed by atoms with Crippen LogP contribution in [-0.2, 0) is 9.53 Å². The van der Waals surface area contributed by atoms with Crippen molar-refractivity contribution in [3.05, 3.63) is 0 Å². The zero-order valence-electron chi connectivity index (χ0n) is 8.87. The monoisotopic (exact) mass is 200 g/mol. The lowest BCUT2D eigenvalue weighted by Gasteiger charge is -2.23. The Bertz CT molecular complexity index is 179. The van der Waals surface area contributed by atoms with Gasteiger partial charge in [0.1, 0.15) is 0 Å². The van der Waals surface area contributed by atoms with Crippen molar-refractivity contribution < 1.29 is 14.6 Å². The van der Waals surface area contributed by atoms with E-state index in [9.17, 15) is 4.79 Å². The zero-order chi connectivity index (χ0) is 10.4. The molecule has 1 fully saturated rings. The molecule has 82 valence electrons. The van der Waals surface area contributed by atoms with Crippen LogP contribution < -0.4 is 0 Å². The molecule has 0 aromatic rings. The van der Waals surface area contributed by atoms with E-state index >= 15 is 0 Å². The van der Waals surface area contributed by atoms with Crippen LogP contribution in [0.5, 0.6) is 0 Å². The summed E-state index contributed by atoms with van der Waals surface area (Å²) in [6.45, 7) is 2.67. The summed E-state index contributed by atoms with van der Waals surface area (Å²) in [5, 5.41) is 8.79. The quantitative estimate of drug-likeness (QED) is 0.709. The fourth-order valence-corrected chi connectivity index (χ4v) is 2.24. The van der Waals surface area contributed by atoms with Crippen molar-refractivity contribution in [1.29, 1.82) is 0 Å². The summed E-state index contributed by atoms with van der Waals surface area (Å²) in [5.74, 6) is -0.462. The van der Waals surface area contributed by atoms with E-state index in [0.717, 1.165) is 19.3 Å². The van der Waals surface area contributed by atoms with Gasteiger partial charge in [0, 0.05) is 6.61 Å². The molecule has 0 amide bonds. The fraction of sp³-hybridized carbons (Fsp3) is 0.909. The van der Waals surface area contributed by atoms with Crippen LogP contribution in [-0.4, -0.2) is 23.8 Å². The Labute approximate surface area is 85.5 Å². The first-order valence-corrected chi connectivity index (χ1v) is 5.57. The van der Waals surface area contributed by atoms with Crippen LogP contribution in [0.25, 0.3) is 0 Å². The molecule has 0 heterocycles. The normalized spacial score (nSPS) is 28.4. The van der Waals surface area contributed by atoms with Gasteiger partial charge in [-0.2, -0.15) is 0 Å². The van der Waals surface area contributed by atoms with Crippen LogP contribution in [0.4, 0.5) is 0 Å². The average Bonchev–Trinajstić information content (AvgIpc) is 2.32. The molecule has 0 aromatic heterocycles. The first kappa shape index (κ1) is 11.5. The van der Waals surface area contributed by atoms with Gasteiger partial charge < -0.3 is 9.84 Å². The number of aliphatic carboxylic acids is 1. The van der Waals surface area contributed by atoms with Crippen molar-refractivity contribution in [1.82, 2.24) is 0 Å². The Kier molecular flexibility index (Phi) is 4.94. The Morgan fingerprint density at radius 2 is 2.07 bits per heavy atom. The van der Waals surface area contributed by atoms with Crippen LogP contribution >= 0.6 is 0 Å². The molecule has 1 saturated carbocycles. The third kappa shape index (κ3) is 3.66. The Morgan fingerprint density at radius 3 is 2.71 bits per heavy atom. The van der Waals surface area contributed by atoms with Crippen molar-refractivity contribution in [2.45, 2.75) is 51.6 Å². The summed E-state index contributed by atoms with van der Waals surface area (Å²) in [4.78, 5) is 10.7. The van der Waals surface area contributed by atoms with Gasteiger partial charge in [-0.15, -0.1) is 0 Å². The molecule has 0 aliphatic heterocycles. The van der Waals surface area contributed by atoms with Gasteiger partial charge in [-0.25, -0.2) is 0 Å². The minimum absolute atomic E-state index is 0.179. The first-order valence-electron chi connectivity index (χ1n) is 5.57. The minimum Gasteiger partial charge on any atom is -0.481 e. The molecule has 2 atom stereocenters. The third-order valence-electron chi connectivity index (χ3n) is 2.91. The Hall–Kier alpha value is -0.570. The maximum atomic E-state index is 10.7. The first-order chi connectivity index (χ1) is 6.74. The minimum atomic E-state index is -0.693. The van der Waals surface area contributed by atoms with E-state index < -0.39 is 5.97 Å². The smallest absolute Gasteiger partial charge is 0.303 e. The van der Waals surface area contributed by atoms with Crippen LogP contribution in [0, 0.1) is 5.92 Å². The predicted octanol–water partition coefficient (Wildman–Crippen LogP) is 2.45. The van der Waals surface area contributed by atoms with Gasteiger partial charge in [0.05, 0.1) is 12.5 Å². The number of rotatable bonds is 4. The number of hydrogen-bond donors (Lipinski definition) is 1. The molecule has 1 aliphatic carbocycles. The van der Waals surface area contributed by atoms with Crippen molar-refractivity contribution >= 4 is 5.97 Å². The number of carboxylic acid groups (broad SMARTS) is 1. The van der Waals surface area contributed by atoms with E-state index in [4.69, 9.17) is 9.84 Å². The maximum absolute atomic E-state index is 10.7. The summed E-state index contributed by atoms with van der Waals surface area (Å²) < 4.78 is 5.61. The SMILES string of the molecule is CCOC1CCCCCC1CC(=O)O. The molecule has 2 unspecified atom stereocenters. The van der Waals surface area contributed by atoms with Gasteiger partial charge in [0.15, 0.2) is 0 Å². The highest BCUT2D eigenvalue weighted by Crippen LogP contribution is 2.28. The second-order valence-corrected chi connectivity index (χ2v) is 3.99. The fourth-order valence-electron chi connectivity index (χ4n) is 2.24. The molecular weight excluding hydrogens is 180 g/mol. The van der Waals surface area contributed by atoms with Crippen LogP contribution in [0.15, 0.2) is 0 Å². The lowest BCUT2D eigenvalue weighted by atomic mass is 9.94. The molecule has 14 heavy (non-hydrogen) atoms. The van der Waals surface area contributed by atoms with E-state index in [1.807, 2.05) is 6.92 Å². The zero-order valence-corrected chi connectivity index (χ0v) is 8.87. The van der Waals surface area contributed by atoms with Gasteiger partial charge in [-0.1, -0.05) is 19.3 Å². The molecule has 1 N–H and O–H groups in total. The van der Waals surface area contributed by atoms with Gasteiger partial charge in [0.2, 0.25) is 0 Å². The predicted molar refractivity (Wildman–Crippen MR) is 54.2 cm³/mol. The largest absolute Gasteiger partial charge is 0.481 e. The summed E-state index contributed by atoms with van der Waals surface area (Å²) >= 11 is 0. The van der Waals surface area contributed by atoms with Gasteiger partial charge in [0.25, 0.3) is 0 Å². The van der Waals surface area contributed by atoms with E-state index in [-0.39, 0.29) is 18.4 Å². The lowest BCUT2D eigenvalue weighted by molar-refractivity contribution is -0.139. The molecule has 3 heteroatoms. The number of carbonyl (C=O) groups is 1. The lowest BCUT2D eigenvalue weighted by Crippen LogP contribution is -2.25. The molecule has 0 radical (unpaired) electrons. The third-order valence-corrected chi connectivity index (χ3v) is 2.91. The van der Waals surface area contributed by atoms with Crippen molar-refractivity contribution in [2.75, 3.05) is 6.61 Å². The summed E-state index contributed by atoms with van der Waals surface area (Å²) in [7, 11) is 0. The van der Waals surface area contributed by atoms with E-state index in [1.165, 1.54) is 12.8 Å². The summed E-state index contributed by atoms with van der Waals surface area (Å²) in [5.41, 5.74) is 0. The van der Waals surface area contributed by atoms with Gasteiger partial charge in [-0.3, -0.25) is 4.79 Å². The molecule has 0 spiro atoms. The summed E-state index contributed by atoms with van der Waals surface area (Å²) in [6, 6.07) is 0. The molecule has 3 nitrogen and oxygen atoms in total. The summed E-state index contributed by atoms with van der Waals surface area (Å²) in [6.07, 6.45) is 6.05. The molecule has 0 saturated heterocycles. The molecular formula is C11H20O3. The van der Waals surface area contributed by atoms with E-state index in [2.05, 4.69) is 0 Å². The van der Waals surface area contributed by atoms with Gasteiger partial charge in [-0.05, 0) is 25.7 Å². The average molecular weight is 200 g/mol. The Morgan fingerprint density at radius 1 is 1.36 bits per heavy atom. The van der Waals surface area contributed by atoms with Crippen LogP contribution in [0.2, 0.25) is 0 Å². The Balaban J connectivity index is 2.49. The maximum Gasteiger partial charge on any atom is 0.303 e. The second-order valence-electron chi connectivity index (χ2n) is 3.99. The molecule has 1 rings (SSSR count). The van der Waals surface area contributed by atoms with Gasteiger partial charge >= 0.3 is 5.97 Å². The van der Waals surface area contributed by atoms with E-state index in [0.29, 0.717) is 6.61 Å². The molecule has 1 aliphatic rings. The topological polar surface area (TPSA) is 46.5 Å². The molecule has 0 aromatic carbocycles. The van der Waals surface area contributed by atoms with Crippen molar-refractivity contribution in [3.8, 4) is 0 Å². The standard InChI is InChI=1S/C11H20O3/c1-2-14-10-7-5-3-4-6-9(10)8-11(12)13/h9-10H,2-8H2,1H3,(H,12,13). The van der Waals surface area contributed by atoms with E-state index in [1.54, 1.807) is 0 Å². The number of hydrogen-bond acceptors (Lipinski definition) is 2. The van der Waals surface area contributed by atoms with Crippen molar-refractivity contribution in [3.63, 3.8) is 0 Å². The highest BCUT2D eigenvalue weighted by molar-refractivity contribution is 5.67. The highest BCUT2D eigenvalue weighted by atomic mass is 16.5. The second kappa shape index (κ2) is 6.02. The van der Waals surface area contributed by atoms with Crippen molar-refractivity contribution in [2.24, 2.45) is 5.92 Å². The van der Waals surface area contributed by atoms with Crippen LogP contribution in [0.3, 0.4) is 0 Å². The number of ether oxygens (including phenoxy) is 1. The molecule has 0 bridgehead atoms.